The zero-order valence-electron chi connectivity index (χ0n) is 16.6. The average molecular weight is 395 g/mol. The van der Waals surface area contributed by atoms with E-state index in [1.165, 1.54) is 7.11 Å². The van der Waals surface area contributed by atoms with E-state index in [0.717, 1.165) is 62.5 Å². The van der Waals surface area contributed by atoms with E-state index >= 15 is 0 Å². The van der Waals surface area contributed by atoms with Crippen molar-refractivity contribution in [2.24, 2.45) is 0 Å². The van der Waals surface area contributed by atoms with Gasteiger partial charge in [0.1, 0.15) is 18.9 Å². The first-order valence-electron chi connectivity index (χ1n) is 10.0. The number of aromatic nitrogens is 2. The van der Waals surface area contributed by atoms with Crippen molar-refractivity contribution >= 4 is 16.7 Å². The molecule has 7 nitrogen and oxygen atoms in total. The molecule has 0 saturated carbocycles. The molecule has 1 fully saturated rings. The molecule has 0 unspecified atom stereocenters. The molecule has 152 valence electrons. The lowest BCUT2D eigenvalue weighted by atomic mass is 10.1. The molecule has 0 amide bonds. The Morgan fingerprint density at radius 1 is 1.10 bits per heavy atom. The third-order valence-electron chi connectivity index (χ3n) is 5.26. The van der Waals surface area contributed by atoms with E-state index in [1.807, 2.05) is 30.3 Å². The topological polar surface area (TPSA) is 80.9 Å². The summed E-state index contributed by atoms with van der Waals surface area (Å²) < 4.78 is 10.7. The number of nitrogens with one attached hydrogen (secondary N) is 2. The Morgan fingerprint density at radius 2 is 1.93 bits per heavy atom. The second-order valence-electron chi connectivity index (χ2n) is 7.16. The minimum atomic E-state index is 0.0483. The van der Waals surface area contributed by atoms with E-state index in [-0.39, 0.29) is 5.75 Å². The number of phenolic OH excluding ortho intramolecular Hbond substituents is 1. The number of para-hydroxylation sites is 2. The van der Waals surface area contributed by atoms with Crippen LogP contribution in [-0.4, -0.2) is 61.6 Å². The monoisotopic (exact) mass is 395 g/mol. The summed E-state index contributed by atoms with van der Waals surface area (Å²) in [7, 11) is 1.53. The fraction of sp³-hybridized carbons (Fsp3) is 0.364. The van der Waals surface area contributed by atoms with Crippen LogP contribution in [-0.2, 0) is 4.74 Å². The third kappa shape index (κ3) is 4.41. The van der Waals surface area contributed by atoms with Crippen molar-refractivity contribution < 1.29 is 19.5 Å². The van der Waals surface area contributed by atoms with Gasteiger partial charge in [0, 0.05) is 18.4 Å². The van der Waals surface area contributed by atoms with Gasteiger partial charge in [0.25, 0.3) is 0 Å². The van der Waals surface area contributed by atoms with Crippen molar-refractivity contribution in [2.45, 2.75) is 6.42 Å². The zero-order valence-corrected chi connectivity index (χ0v) is 16.6. The molecule has 1 saturated heterocycles. The Morgan fingerprint density at radius 3 is 2.76 bits per heavy atom. The quantitative estimate of drug-likeness (QED) is 0.529. The van der Waals surface area contributed by atoms with E-state index in [9.17, 15) is 5.11 Å². The van der Waals surface area contributed by atoms with Gasteiger partial charge in [-0.15, -0.1) is 0 Å². The summed E-state index contributed by atoms with van der Waals surface area (Å²) in [5.41, 5.74) is 1.39. The Kier molecular flexibility index (Phi) is 6.07. The first-order valence-corrected chi connectivity index (χ1v) is 10.0. The highest BCUT2D eigenvalue weighted by molar-refractivity contribution is 5.91. The largest absolute Gasteiger partial charge is 0.504 e. The van der Waals surface area contributed by atoms with Crippen LogP contribution in [0, 0.1) is 0 Å². The van der Waals surface area contributed by atoms with Crippen LogP contribution in [0.4, 0.5) is 5.82 Å². The maximum absolute atomic E-state index is 10.5. The fourth-order valence-corrected chi connectivity index (χ4v) is 3.65. The number of anilines is 1. The maximum atomic E-state index is 10.5. The standard InChI is InChI=1S/C22H26N4O3/c1-28-19-9-4-7-17(20(19)27)22-24-18-8-3-2-6-16(18)21(25-22)23-10-5-11-26-12-14-29-15-13-26/h2-4,6-9,27H,5,10-15H2,1H3,(H,23,24,25)/p+1. The molecule has 1 aliphatic rings. The van der Waals surface area contributed by atoms with E-state index in [2.05, 4.69) is 10.3 Å². The first kappa shape index (κ1) is 19.4. The van der Waals surface area contributed by atoms with E-state index < -0.39 is 0 Å². The normalized spacial score (nSPS) is 14.8. The van der Waals surface area contributed by atoms with E-state index in [0.29, 0.717) is 17.1 Å². The molecule has 2 aromatic carbocycles. The highest BCUT2D eigenvalue weighted by Crippen LogP contribution is 2.36. The lowest BCUT2D eigenvalue weighted by Gasteiger charge is -2.23. The Bertz CT molecular complexity index is 973. The number of fused-ring (bicyclic) bond motifs is 1. The fourth-order valence-electron chi connectivity index (χ4n) is 3.65. The molecule has 7 heteroatoms. The average Bonchev–Trinajstić information content (AvgIpc) is 2.77. The van der Waals surface area contributed by atoms with Crippen LogP contribution in [0.5, 0.6) is 11.5 Å². The van der Waals surface area contributed by atoms with E-state index in [4.69, 9.17) is 14.5 Å². The predicted octanol–water partition coefficient (Wildman–Crippen LogP) is 1.73. The number of hydrogen-bond donors (Lipinski definition) is 3. The molecule has 0 spiro atoms. The number of phenols is 1. The number of methoxy groups -OCH3 is 1. The Labute approximate surface area is 170 Å². The second kappa shape index (κ2) is 9.07. The minimum Gasteiger partial charge on any atom is -0.504 e. The number of benzene rings is 2. The van der Waals surface area contributed by atoms with Crippen LogP contribution in [0.1, 0.15) is 6.42 Å². The number of rotatable bonds is 7. The summed E-state index contributed by atoms with van der Waals surface area (Å²) in [4.78, 5) is 11.0. The predicted molar refractivity (Wildman–Crippen MR) is 113 cm³/mol. The highest BCUT2D eigenvalue weighted by Gasteiger charge is 2.16. The SMILES string of the molecule is COc1cccc(-c2nc(NCCC[NH+]3CCOCC3)c3ccccc3n2)c1O. The molecule has 3 N–H and O–H groups in total. The molecule has 0 aliphatic carbocycles. The molecular weight excluding hydrogens is 368 g/mol. The number of aromatic hydroxyl groups is 1. The summed E-state index contributed by atoms with van der Waals surface area (Å²) in [6, 6.07) is 13.2. The lowest BCUT2D eigenvalue weighted by molar-refractivity contribution is -0.908. The van der Waals surface area contributed by atoms with Crippen LogP contribution in [0.15, 0.2) is 42.5 Å². The van der Waals surface area contributed by atoms with Crippen LogP contribution in [0.2, 0.25) is 0 Å². The number of morpholine rings is 1. The Balaban J connectivity index is 1.56. The molecule has 0 atom stereocenters. The second-order valence-corrected chi connectivity index (χ2v) is 7.16. The van der Waals surface area contributed by atoms with Gasteiger partial charge in [-0.05, 0) is 24.3 Å². The van der Waals surface area contributed by atoms with Crippen molar-refractivity contribution in [3.8, 4) is 22.9 Å². The van der Waals surface area contributed by atoms with Crippen molar-refractivity contribution in [3.63, 3.8) is 0 Å². The van der Waals surface area contributed by atoms with Gasteiger partial charge in [0.2, 0.25) is 0 Å². The van der Waals surface area contributed by atoms with Gasteiger partial charge in [-0.2, -0.15) is 0 Å². The Hall–Kier alpha value is -2.90. The molecular formula is C22H27N4O3+. The van der Waals surface area contributed by atoms with Gasteiger partial charge in [0.15, 0.2) is 17.3 Å². The number of nitrogens with zero attached hydrogens (tertiary/aromatic N) is 2. The molecule has 1 aliphatic heterocycles. The van der Waals surface area contributed by atoms with Crippen molar-refractivity contribution in [2.75, 3.05) is 51.8 Å². The summed E-state index contributed by atoms with van der Waals surface area (Å²) in [5.74, 6) is 1.71. The molecule has 1 aromatic heterocycles. The molecule has 0 radical (unpaired) electrons. The van der Waals surface area contributed by atoms with Gasteiger partial charge in [-0.1, -0.05) is 18.2 Å². The van der Waals surface area contributed by atoms with Crippen LogP contribution in [0.3, 0.4) is 0 Å². The molecule has 29 heavy (non-hydrogen) atoms. The highest BCUT2D eigenvalue weighted by atomic mass is 16.5. The third-order valence-corrected chi connectivity index (χ3v) is 5.26. The van der Waals surface area contributed by atoms with E-state index in [1.54, 1.807) is 17.0 Å². The number of hydrogen-bond acceptors (Lipinski definition) is 6. The maximum Gasteiger partial charge on any atom is 0.168 e. The molecule has 4 rings (SSSR count). The van der Waals surface area contributed by atoms with Crippen molar-refractivity contribution in [1.82, 2.24) is 9.97 Å². The summed E-state index contributed by atoms with van der Waals surface area (Å²) >= 11 is 0. The summed E-state index contributed by atoms with van der Waals surface area (Å²) in [6.07, 6.45) is 1.05. The van der Waals surface area contributed by atoms with Crippen molar-refractivity contribution in [3.05, 3.63) is 42.5 Å². The van der Waals surface area contributed by atoms with Gasteiger partial charge < -0.3 is 24.8 Å². The van der Waals surface area contributed by atoms with Crippen LogP contribution in [0.25, 0.3) is 22.3 Å². The summed E-state index contributed by atoms with van der Waals surface area (Å²) in [6.45, 7) is 5.81. The first-order chi connectivity index (χ1) is 14.3. The van der Waals surface area contributed by atoms with Gasteiger partial charge in [0.05, 0.1) is 37.9 Å². The van der Waals surface area contributed by atoms with Crippen molar-refractivity contribution in [1.29, 1.82) is 0 Å². The minimum absolute atomic E-state index is 0.0483. The smallest absolute Gasteiger partial charge is 0.168 e. The lowest BCUT2D eigenvalue weighted by Crippen LogP contribution is -3.14. The summed E-state index contributed by atoms with van der Waals surface area (Å²) in [5, 5.41) is 15.0. The van der Waals surface area contributed by atoms with Crippen LogP contribution < -0.4 is 15.0 Å². The number of quaternary nitrogens is 1. The molecule has 0 bridgehead atoms. The molecule has 2 heterocycles. The van der Waals surface area contributed by atoms with Gasteiger partial charge in [-0.3, -0.25) is 0 Å². The number of ether oxygens (including phenoxy) is 2. The van der Waals surface area contributed by atoms with Gasteiger partial charge in [-0.25, -0.2) is 9.97 Å². The zero-order chi connectivity index (χ0) is 20.1. The van der Waals surface area contributed by atoms with Gasteiger partial charge >= 0.3 is 0 Å². The molecule has 3 aromatic rings. The van der Waals surface area contributed by atoms with Crippen LogP contribution >= 0.6 is 0 Å².